The topological polar surface area (TPSA) is 35.5 Å². The molecule has 2 aromatic rings. The van der Waals surface area contributed by atoms with E-state index in [0.717, 1.165) is 20.9 Å². The average molecular weight is 338 g/mol. The number of Topliss-reactive ketones (excluding diaryl/α,β-unsaturated/α-hetero) is 1. The van der Waals surface area contributed by atoms with Gasteiger partial charge in [0.15, 0.2) is 11.5 Å². The number of ether oxygens (including phenoxy) is 2. The van der Waals surface area contributed by atoms with Crippen LogP contribution in [0.2, 0.25) is 0 Å². The zero-order valence-corrected chi connectivity index (χ0v) is 14.3. The highest BCUT2D eigenvalue weighted by atomic mass is 32.2. The van der Waals surface area contributed by atoms with E-state index >= 15 is 0 Å². The summed E-state index contributed by atoms with van der Waals surface area (Å²) in [5, 5.41) is 0. The number of carbonyl (C=O) groups is 1. The number of benzene rings is 2. The zero-order valence-electron chi connectivity index (χ0n) is 13.5. The van der Waals surface area contributed by atoms with Gasteiger partial charge in [-0.05, 0) is 42.8 Å². The molecule has 0 atom stereocenters. The van der Waals surface area contributed by atoms with Crippen LogP contribution in [0.3, 0.4) is 0 Å². The third-order valence-electron chi connectivity index (χ3n) is 3.50. The van der Waals surface area contributed by atoms with Crippen LogP contribution < -0.4 is 9.47 Å². The van der Waals surface area contributed by atoms with Crippen molar-refractivity contribution < 1.29 is 14.3 Å². The maximum atomic E-state index is 12.5. The second-order valence-electron chi connectivity index (χ2n) is 5.17. The number of hydrogen-bond acceptors (Lipinski definition) is 4. The minimum Gasteiger partial charge on any atom is -0.490 e. The van der Waals surface area contributed by atoms with Crippen LogP contribution in [-0.2, 0) is 0 Å². The minimum absolute atomic E-state index is 0.0699. The van der Waals surface area contributed by atoms with E-state index in [2.05, 4.69) is 6.58 Å². The van der Waals surface area contributed by atoms with E-state index < -0.39 is 0 Å². The third kappa shape index (κ3) is 3.39. The Labute approximate surface area is 146 Å². The second kappa shape index (κ2) is 7.41. The van der Waals surface area contributed by atoms with Gasteiger partial charge in [0.25, 0.3) is 0 Å². The smallest absolute Gasteiger partial charge is 0.200 e. The van der Waals surface area contributed by atoms with Gasteiger partial charge in [-0.25, -0.2) is 0 Å². The molecular formula is C20H18O3S. The van der Waals surface area contributed by atoms with E-state index in [4.69, 9.17) is 9.47 Å². The van der Waals surface area contributed by atoms with Gasteiger partial charge in [0.1, 0.15) is 6.61 Å². The number of fused-ring (bicyclic) bond motifs is 1. The summed E-state index contributed by atoms with van der Waals surface area (Å²) >= 11 is 1.50. The molecule has 3 nitrogen and oxygen atoms in total. The summed E-state index contributed by atoms with van der Waals surface area (Å²) in [7, 11) is 0. The summed E-state index contributed by atoms with van der Waals surface area (Å²) in [4.78, 5) is 14.2. The molecule has 0 aliphatic carbocycles. The minimum atomic E-state index is 0.0699. The van der Waals surface area contributed by atoms with E-state index in [-0.39, 0.29) is 5.78 Å². The zero-order chi connectivity index (χ0) is 16.9. The van der Waals surface area contributed by atoms with Crippen molar-refractivity contribution in [3.63, 3.8) is 0 Å². The van der Waals surface area contributed by atoms with Crippen molar-refractivity contribution in [3.05, 3.63) is 71.2 Å². The molecule has 0 saturated carbocycles. The van der Waals surface area contributed by atoms with Crippen LogP contribution in [0.15, 0.2) is 64.9 Å². The summed E-state index contributed by atoms with van der Waals surface area (Å²) in [5.74, 6) is 1.41. The van der Waals surface area contributed by atoms with Gasteiger partial charge in [0.2, 0.25) is 5.78 Å². The Balaban J connectivity index is 1.89. The SMILES string of the molecule is C=CCOc1ccc(/C=C2\Sc3ccccc3C2=O)cc1OCC. The first-order valence-corrected chi connectivity index (χ1v) is 8.58. The maximum absolute atomic E-state index is 12.5. The molecule has 0 fully saturated rings. The van der Waals surface area contributed by atoms with Crippen LogP contribution in [0.4, 0.5) is 0 Å². The molecule has 0 saturated heterocycles. The molecule has 1 aliphatic heterocycles. The summed E-state index contributed by atoms with van der Waals surface area (Å²) < 4.78 is 11.2. The Morgan fingerprint density at radius 2 is 1.96 bits per heavy atom. The van der Waals surface area contributed by atoms with Crippen molar-refractivity contribution in [2.24, 2.45) is 0 Å². The van der Waals surface area contributed by atoms with Crippen molar-refractivity contribution in [2.75, 3.05) is 13.2 Å². The number of hydrogen-bond donors (Lipinski definition) is 0. The highest BCUT2D eigenvalue weighted by Crippen LogP contribution is 2.41. The Bertz CT molecular complexity index is 808. The van der Waals surface area contributed by atoms with Gasteiger partial charge in [0, 0.05) is 10.5 Å². The van der Waals surface area contributed by atoms with Crippen LogP contribution in [0.25, 0.3) is 6.08 Å². The van der Waals surface area contributed by atoms with Gasteiger partial charge in [-0.3, -0.25) is 4.79 Å². The highest BCUT2D eigenvalue weighted by molar-refractivity contribution is 8.04. The monoisotopic (exact) mass is 338 g/mol. The molecule has 122 valence electrons. The normalized spacial score (nSPS) is 14.5. The molecule has 0 unspecified atom stereocenters. The van der Waals surface area contributed by atoms with Gasteiger partial charge in [-0.2, -0.15) is 0 Å². The molecule has 0 amide bonds. The first kappa shape index (κ1) is 16.4. The van der Waals surface area contributed by atoms with Crippen molar-refractivity contribution in [1.29, 1.82) is 0 Å². The molecule has 0 N–H and O–H groups in total. The summed E-state index contributed by atoms with van der Waals surface area (Å²) in [6.45, 7) is 6.54. The van der Waals surface area contributed by atoms with Crippen LogP contribution in [0, 0.1) is 0 Å². The molecule has 0 spiro atoms. The lowest BCUT2D eigenvalue weighted by molar-refractivity contribution is 0.104. The van der Waals surface area contributed by atoms with E-state index in [1.807, 2.05) is 55.5 Å². The van der Waals surface area contributed by atoms with E-state index in [1.54, 1.807) is 6.08 Å². The Kier molecular flexibility index (Phi) is 5.06. The number of ketones is 1. The molecular weight excluding hydrogens is 320 g/mol. The van der Waals surface area contributed by atoms with Crippen molar-refractivity contribution in [2.45, 2.75) is 11.8 Å². The average Bonchev–Trinajstić information content (AvgIpc) is 2.91. The highest BCUT2D eigenvalue weighted by Gasteiger charge is 2.25. The molecule has 3 rings (SSSR count). The summed E-state index contributed by atoms with van der Waals surface area (Å²) in [6, 6.07) is 13.3. The first-order valence-electron chi connectivity index (χ1n) is 7.76. The number of thioether (sulfide) groups is 1. The predicted molar refractivity (Wildman–Crippen MR) is 97.9 cm³/mol. The Morgan fingerprint density at radius 1 is 1.12 bits per heavy atom. The van der Waals surface area contributed by atoms with Crippen molar-refractivity contribution in [3.8, 4) is 11.5 Å². The van der Waals surface area contributed by atoms with Gasteiger partial charge in [-0.15, -0.1) is 0 Å². The maximum Gasteiger partial charge on any atom is 0.200 e. The number of rotatable bonds is 6. The molecule has 0 aromatic heterocycles. The molecule has 2 aromatic carbocycles. The quantitative estimate of drug-likeness (QED) is 0.550. The predicted octanol–water partition coefficient (Wildman–Crippen LogP) is 4.98. The fourth-order valence-electron chi connectivity index (χ4n) is 2.44. The van der Waals surface area contributed by atoms with E-state index in [1.165, 1.54) is 11.8 Å². The first-order chi connectivity index (χ1) is 11.7. The largest absolute Gasteiger partial charge is 0.490 e. The van der Waals surface area contributed by atoms with E-state index in [9.17, 15) is 4.79 Å². The van der Waals surface area contributed by atoms with Crippen molar-refractivity contribution >= 4 is 23.6 Å². The van der Waals surface area contributed by atoms with Crippen molar-refractivity contribution in [1.82, 2.24) is 0 Å². The molecule has 0 radical (unpaired) electrons. The Morgan fingerprint density at radius 3 is 2.71 bits per heavy atom. The lowest BCUT2D eigenvalue weighted by Gasteiger charge is -2.11. The standard InChI is InChI=1S/C20H18O3S/c1-3-11-23-16-10-9-14(12-17(16)22-4-2)13-19-20(21)15-7-5-6-8-18(15)24-19/h3,5-10,12-13H,1,4,11H2,2H3/b19-13-. The van der Waals surface area contributed by atoms with Crippen LogP contribution in [0.5, 0.6) is 11.5 Å². The number of carbonyl (C=O) groups excluding carboxylic acids is 1. The molecule has 1 heterocycles. The molecule has 0 bridgehead atoms. The fourth-order valence-corrected chi connectivity index (χ4v) is 3.49. The van der Waals surface area contributed by atoms with Gasteiger partial charge in [-0.1, -0.05) is 42.6 Å². The molecule has 1 aliphatic rings. The second-order valence-corrected chi connectivity index (χ2v) is 6.26. The summed E-state index contributed by atoms with van der Waals surface area (Å²) in [6.07, 6.45) is 3.59. The lowest BCUT2D eigenvalue weighted by Crippen LogP contribution is -1.99. The van der Waals surface area contributed by atoms with Crippen LogP contribution >= 0.6 is 11.8 Å². The van der Waals surface area contributed by atoms with Gasteiger partial charge < -0.3 is 9.47 Å². The molecule has 24 heavy (non-hydrogen) atoms. The van der Waals surface area contributed by atoms with Crippen LogP contribution in [-0.4, -0.2) is 19.0 Å². The van der Waals surface area contributed by atoms with Crippen LogP contribution in [0.1, 0.15) is 22.8 Å². The van der Waals surface area contributed by atoms with E-state index in [0.29, 0.717) is 24.7 Å². The van der Waals surface area contributed by atoms with Gasteiger partial charge in [0.05, 0.1) is 11.5 Å². The molecule has 4 heteroatoms. The number of allylic oxidation sites excluding steroid dienone is 1. The summed E-state index contributed by atoms with van der Waals surface area (Å²) in [5.41, 5.74) is 1.68. The Hall–Kier alpha value is -2.46. The fraction of sp³-hybridized carbons (Fsp3) is 0.150. The lowest BCUT2D eigenvalue weighted by atomic mass is 10.1. The van der Waals surface area contributed by atoms with Gasteiger partial charge >= 0.3 is 0 Å². The third-order valence-corrected chi connectivity index (χ3v) is 4.60.